The van der Waals surface area contributed by atoms with Gasteiger partial charge in [0.15, 0.2) is 12.6 Å². The molecule has 0 aromatic heterocycles. The van der Waals surface area contributed by atoms with Crippen molar-refractivity contribution in [2.45, 2.75) is 357 Å². The fourth-order valence-corrected chi connectivity index (χ4v) is 11.7. The van der Waals surface area contributed by atoms with Gasteiger partial charge >= 0.3 is 0 Å². The topological polar surface area (TPSA) is 228 Å². The molecule has 2 aliphatic heterocycles. The van der Waals surface area contributed by atoms with E-state index >= 15 is 0 Å². The number of amides is 1. The van der Waals surface area contributed by atoms with Gasteiger partial charge in [-0.3, -0.25) is 4.79 Å². The highest BCUT2D eigenvalue weighted by Gasteiger charge is 2.51. The van der Waals surface area contributed by atoms with Crippen LogP contribution in [-0.4, -0.2) is 140 Å². The van der Waals surface area contributed by atoms with E-state index in [1.165, 1.54) is 122 Å². The molecule has 0 spiro atoms. The van der Waals surface area contributed by atoms with Gasteiger partial charge in [0.1, 0.15) is 48.8 Å². The minimum Gasteiger partial charge on any atom is -0.394 e. The zero-order chi connectivity index (χ0) is 68.0. The monoisotopic (exact) mass is 1320 g/mol. The third-order valence-corrected chi connectivity index (χ3v) is 17.7. The SMILES string of the molecule is CC/C=C\C/C=C\C/C=C\C/C=C\C/C=C\C/C=C\C/C=C\C/C=C\C/C=C\C/C=C\CCCCCCCCC(=O)NC(COC1OC(CO)C(OC2OC(CO)C(O)C(O)C2O)C(O)C1O)C(O)CCCCCCCCCCCCCCCCCCCCCCCCC. The normalized spacial score (nSPS) is 23.2. The van der Waals surface area contributed by atoms with Crippen molar-refractivity contribution < 1.29 is 64.6 Å². The van der Waals surface area contributed by atoms with Crippen LogP contribution in [0.15, 0.2) is 122 Å². The second-order valence-corrected chi connectivity index (χ2v) is 26.0. The number of allylic oxidation sites excluding steroid dienone is 20. The quantitative estimate of drug-likeness (QED) is 0.0204. The molecule has 12 atom stereocenters. The van der Waals surface area contributed by atoms with Crippen LogP contribution in [-0.2, 0) is 23.7 Å². The van der Waals surface area contributed by atoms with E-state index in [2.05, 4.69) is 141 Å². The van der Waals surface area contributed by atoms with Gasteiger partial charge in [-0.25, -0.2) is 0 Å². The first-order valence-corrected chi connectivity index (χ1v) is 37.8. The molecule has 94 heavy (non-hydrogen) atoms. The van der Waals surface area contributed by atoms with Crippen molar-refractivity contribution in [2.24, 2.45) is 0 Å². The largest absolute Gasteiger partial charge is 0.394 e. The van der Waals surface area contributed by atoms with Crippen molar-refractivity contribution >= 4 is 5.91 Å². The molecule has 2 fully saturated rings. The Kier molecular flexibility index (Phi) is 57.8. The maximum atomic E-state index is 13.4. The van der Waals surface area contributed by atoms with Crippen LogP contribution in [0.25, 0.3) is 0 Å². The molecule has 0 saturated carbocycles. The highest BCUT2D eigenvalue weighted by Crippen LogP contribution is 2.30. The van der Waals surface area contributed by atoms with E-state index in [0.717, 1.165) is 128 Å². The molecule has 0 bridgehead atoms. The standard InChI is InChI=1S/C80H137NO13/c1-3-5-7-9-11-13-15-17-19-21-23-25-27-28-29-30-31-32-33-34-35-36-37-38-39-40-42-44-46-48-50-52-54-56-58-60-62-64-72(85)81-68(67-91-79-77(90)75(88)78(71(66-83)93-79)94-80-76(89)74(87)73(86)70(65-82)92-80)69(84)63-61-59-57-55-53-51-49-47-45-43-41-26-24-22-20-18-16-14-12-10-8-6-4-2/h5,7,11,13,17,19,23,25,28-29,31-32,34-35,37-38,40,42,46,48,68-71,73-80,82-84,86-90H,3-4,6,8-10,12,14-16,18,20-22,24,26-27,30,33,36,39,41,43-45,47,49-67H2,1-2H3,(H,81,85)/b7-5-,13-11-,19-17-,25-23-,29-28-,32-31-,35-34-,38-37-,42-40-,48-46-. The van der Waals surface area contributed by atoms with E-state index in [-0.39, 0.29) is 18.9 Å². The van der Waals surface area contributed by atoms with Gasteiger partial charge in [0.2, 0.25) is 5.91 Å². The predicted octanol–water partition coefficient (Wildman–Crippen LogP) is 16.5. The number of aliphatic hydroxyl groups excluding tert-OH is 8. The van der Waals surface area contributed by atoms with Gasteiger partial charge in [-0.05, 0) is 89.9 Å². The Morgan fingerprint density at radius 2 is 0.734 bits per heavy atom. The molecule has 0 aromatic rings. The maximum Gasteiger partial charge on any atom is 0.220 e. The molecular weight excluding hydrogens is 1180 g/mol. The van der Waals surface area contributed by atoms with Crippen LogP contribution in [0.1, 0.15) is 284 Å². The Hall–Kier alpha value is -3.61. The van der Waals surface area contributed by atoms with E-state index in [9.17, 15) is 45.6 Å². The summed E-state index contributed by atoms with van der Waals surface area (Å²) in [5.41, 5.74) is 0. The van der Waals surface area contributed by atoms with Crippen molar-refractivity contribution in [1.29, 1.82) is 0 Å². The molecular formula is C80H137NO13. The molecule has 2 aliphatic rings. The number of carbonyl (C=O) groups excluding carboxylic acids is 1. The summed E-state index contributed by atoms with van der Waals surface area (Å²) in [7, 11) is 0. The Labute approximate surface area is 571 Å². The fraction of sp³-hybridized carbons (Fsp3) is 0.738. The first-order valence-electron chi connectivity index (χ1n) is 37.8. The number of unbranched alkanes of at least 4 members (excludes halogenated alkanes) is 28. The van der Waals surface area contributed by atoms with Crippen molar-refractivity contribution in [2.75, 3.05) is 19.8 Å². The zero-order valence-corrected chi connectivity index (χ0v) is 58.9. The second-order valence-electron chi connectivity index (χ2n) is 26.0. The lowest BCUT2D eigenvalue weighted by molar-refractivity contribution is -0.359. The number of hydrogen-bond donors (Lipinski definition) is 9. The summed E-state index contributed by atoms with van der Waals surface area (Å²) in [6.07, 6.45) is 74.9. The molecule has 0 radical (unpaired) electrons. The average molecular weight is 1320 g/mol. The Morgan fingerprint density at radius 3 is 1.13 bits per heavy atom. The Morgan fingerprint density at radius 1 is 0.394 bits per heavy atom. The molecule has 0 aliphatic carbocycles. The summed E-state index contributed by atoms with van der Waals surface area (Å²) in [5.74, 6) is -0.223. The summed E-state index contributed by atoms with van der Waals surface area (Å²) < 4.78 is 22.9. The minimum atomic E-state index is -1.79. The van der Waals surface area contributed by atoms with Gasteiger partial charge in [0.05, 0.1) is 32.0 Å². The van der Waals surface area contributed by atoms with Crippen LogP contribution < -0.4 is 5.32 Å². The van der Waals surface area contributed by atoms with E-state index in [1.807, 2.05) is 0 Å². The van der Waals surface area contributed by atoms with Crippen LogP contribution in [0.5, 0.6) is 0 Å². The third-order valence-electron chi connectivity index (χ3n) is 17.7. The fourth-order valence-electron chi connectivity index (χ4n) is 11.7. The molecule has 12 unspecified atom stereocenters. The van der Waals surface area contributed by atoms with Crippen LogP contribution in [0.3, 0.4) is 0 Å². The summed E-state index contributed by atoms with van der Waals surface area (Å²) in [4.78, 5) is 13.4. The molecule has 9 N–H and O–H groups in total. The highest BCUT2D eigenvalue weighted by atomic mass is 16.7. The minimum absolute atomic E-state index is 0.223. The van der Waals surface area contributed by atoms with Gasteiger partial charge in [0.25, 0.3) is 0 Å². The number of hydrogen-bond acceptors (Lipinski definition) is 13. The van der Waals surface area contributed by atoms with Crippen LogP contribution in [0.2, 0.25) is 0 Å². The van der Waals surface area contributed by atoms with E-state index in [0.29, 0.717) is 12.8 Å². The molecule has 2 heterocycles. The third kappa shape index (κ3) is 45.8. The van der Waals surface area contributed by atoms with E-state index < -0.39 is 86.8 Å². The average Bonchev–Trinajstić information content (AvgIpc) is 0.794. The smallest absolute Gasteiger partial charge is 0.220 e. The molecule has 2 rings (SSSR count). The van der Waals surface area contributed by atoms with Crippen molar-refractivity contribution in [3.63, 3.8) is 0 Å². The number of ether oxygens (including phenoxy) is 4. The van der Waals surface area contributed by atoms with Gasteiger partial charge in [-0.2, -0.15) is 0 Å². The van der Waals surface area contributed by atoms with Crippen LogP contribution in [0.4, 0.5) is 0 Å². The number of carbonyl (C=O) groups is 1. The van der Waals surface area contributed by atoms with Gasteiger partial charge in [-0.1, -0.05) is 309 Å². The lowest BCUT2D eigenvalue weighted by atomic mass is 9.97. The van der Waals surface area contributed by atoms with Crippen molar-refractivity contribution in [3.05, 3.63) is 122 Å². The second kappa shape index (κ2) is 62.9. The number of nitrogens with one attached hydrogen (secondary N) is 1. The molecule has 14 heteroatoms. The van der Waals surface area contributed by atoms with Crippen molar-refractivity contribution in [1.82, 2.24) is 5.32 Å². The van der Waals surface area contributed by atoms with Gasteiger partial charge in [-0.15, -0.1) is 0 Å². The zero-order valence-electron chi connectivity index (χ0n) is 58.9. The first-order chi connectivity index (χ1) is 46.1. The van der Waals surface area contributed by atoms with Crippen molar-refractivity contribution in [3.8, 4) is 0 Å². The number of rotatable bonds is 61. The van der Waals surface area contributed by atoms with Gasteiger partial charge in [0, 0.05) is 6.42 Å². The molecule has 2 saturated heterocycles. The summed E-state index contributed by atoms with van der Waals surface area (Å²) in [6.45, 7) is 2.76. The molecule has 1 amide bonds. The Balaban J connectivity index is 1.66. The van der Waals surface area contributed by atoms with E-state index in [4.69, 9.17) is 18.9 Å². The molecule has 540 valence electrons. The highest BCUT2D eigenvalue weighted by molar-refractivity contribution is 5.76. The lowest BCUT2D eigenvalue weighted by Crippen LogP contribution is -2.65. The van der Waals surface area contributed by atoms with E-state index in [1.54, 1.807) is 0 Å². The summed E-state index contributed by atoms with van der Waals surface area (Å²) >= 11 is 0. The maximum absolute atomic E-state index is 13.4. The predicted molar refractivity (Wildman–Crippen MR) is 387 cm³/mol. The van der Waals surface area contributed by atoms with Gasteiger partial charge < -0.3 is 65.1 Å². The lowest BCUT2D eigenvalue weighted by Gasteiger charge is -2.46. The molecule has 0 aromatic carbocycles. The summed E-state index contributed by atoms with van der Waals surface area (Å²) in [5, 5.41) is 87.7. The van der Waals surface area contributed by atoms with Crippen LogP contribution in [0, 0.1) is 0 Å². The number of aliphatic hydroxyl groups is 8. The summed E-state index contributed by atoms with van der Waals surface area (Å²) in [6, 6.07) is -0.847. The van der Waals surface area contributed by atoms with Crippen LogP contribution >= 0.6 is 0 Å². The Bertz CT molecular complexity index is 2040. The first kappa shape index (κ1) is 86.5. The molecule has 14 nitrogen and oxygen atoms in total.